The summed E-state index contributed by atoms with van der Waals surface area (Å²) in [5, 5.41) is 2.99. The van der Waals surface area contributed by atoms with E-state index in [0.29, 0.717) is 30.3 Å². The van der Waals surface area contributed by atoms with Gasteiger partial charge in [-0.2, -0.15) is 0 Å². The molecule has 152 valence electrons. The number of hydrogen-bond acceptors (Lipinski definition) is 5. The molecule has 0 saturated carbocycles. The molecule has 1 saturated heterocycles. The maximum Gasteiger partial charge on any atom is 0.513 e. The minimum Gasteiger partial charge on any atom is -0.434 e. The Morgan fingerprint density at radius 3 is 2.39 bits per heavy atom. The normalized spacial score (nSPS) is 14.9. The lowest BCUT2D eigenvalue weighted by Crippen LogP contribution is -2.46. The Labute approximate surface area is 165 Å². The van der Waals surface area contributed by atoms with Gasteiger partial charge in [-0.15, -0.1) is 0 Å². The molecular weight excluding hydrogens is 360 g/mol. The van der Waals surface area contributed by atoms with Gasteiger partial charge in [0.1, 0.15) is 5.75 Å². The summed E-state index contributed by atoms with van der Waals surface area (Å²) in [5.74, 6) is 0.494. The molecule has 0 unspecified atom stereocenters. The summed E-state index contributed by atoms with van der Waals surface area (Å²) in [6.07, 6.45) is 4.11. The van der Waals surface area contributed by atoms with E-state index in [0.717, 1.165) is 12.8 Å². The third-order valence-electron chi connectivity index (χ3n) is 4.33. The van der Waals surface area contributed by atoms with E-state index in [1.165, 1.54) is 0 Å². The molecule has 1 aromatic rings. The van der Waals surface area contributed by atoms with Crippen LogP contribution in [-0.2, 0) is 9.53 Å². The molecule has 0 bridgehead atoms. The smallest absolute Gasteiger partial charge is 0.434 e. The van der Waals surface area contributed by atoms with E-state index in [1.54, 1.807) is 42.2 Å². The molecule has 2 amide bonds. The molecule has 1 fully saturated rings. The summed E-state index contributed by atoms with van der Waals surface area (Å²) in [5.41, 5.74) is 0.526. The molecule has 7 heteroatoms. The van der Waals surface area contributed by atoms with Crippen molar-refractivity contribution < 1.29 is 23.9 Å². The van der Waals surface area contributed by atoms with Crippen LogP contribution >= 0.6 is 0 Å². The van der Waals surface area contributed by atoms with E-state index in [4.69, 9.17) is 9.47 Å². The SMILES string of the molecule is CCOC(=O)Oc1ccc(C(=O)N2CCC(NC(=O)/C=C/C(C)C)CC2)cc1. The lowest BCUT2D eigenvalue weighted by molar-refractivity contribution is -0.117. The quantitative estimate of drug-likeness (QED) is 0.460. The van der Waals surface area contributed by atoms with Crippen molar-refractivity contribution in [2.75, 3.05) is 19.7 Å². The van der Waals surface area contributed by atoms with Crippen LogP contribution in [0.5, 0.6) is 5.75 Å². The van der Waals surface area contributed by atoms with Crippen molar-refractivity contribution in [3.63, 3.8) is 0 Å². The average Bonchev–Trinajstić information content (AvgIpc) is 2.67. The van der Waals surface area contributed by atoms with Gasteiger partial charge < -0.3 is 19.7 Å². The first kappa shape index (κ1) is 21.5. The maximum atomic E-state index is 12.6. The molecule has 7 nitrogen and oxygen atoms in total. The summed E-state index contributed by atoms with van der Waals surface area (Å²) < 4.78 is 9.70. The molecule has 0 radical (unpaired) electrons. The van der Waals surface area contributed by atoms with Crippen molar-refractivity contribution in [2.24, 2.45) is 5.92 Å². The number of allylic oxidation sites excluding steroid dienone is 1. The first-order chi connectivity index (χ1) is 13.4. The fourth-order valence-electron chi connectivity index (χ4n) is 2.85. The summed E-state index contributed by atoms with van der Waals surface area (Å²) in [6.45, 7) is 7.13. The third-order valence-corrected chi connectivity index (χ3v) is 4.33. The van der Waals surface area contributed by atoms with Crippen molar-refractivity contribution in [3.8, 4) is 5.75 Å². The van der Waals surface area contributed by atoms with Gasteiger partial charge in [0, 0.05) is 24.7 Å². The minimum atomic E-state index is -0.770. The Hall–Kier alpha value is -2.83. The van der Waals surface area contributed by atoms with Gasteiger partial charge in [0.05, 0.1) is 6.61 Å². The Balaban J connectivity index is 1.83. The van der Waals surface area contributed by atoms with E-state index in [1.807, 2.05) is 19.9 Å². The van der Waals surface area contributed by atoms with Crippen LogP contribution in [0, 0.1) is 5.92 Å². The number of piperidine rings is 1. The van der Waals surface area contributed by atoms with Gasteiger partial charge in [-0.25, -0.2) is 4.79 Å². The lowest BCUT2D eigenvalue weighted by Gasteiger charge is -2.32. The first-order valence-corrected chi connectivity index (χ1v) is 9.61. The fraction of sp³-hybridized carbons (Fsp3) is 0.476. The standard InChI is InChI=1S/C21H28N2O5/c1-4-27-21(26)28-18-8-6-16(7-9-18)20(25)23-13-11-17(12-14-23)22-19(24)10-5-15(2)3/h5-10,15,17H,4,11-14H2,1-3H3,(H,22,24)/b10-5+. The molecule has 28 heavy (non-hydrogen) atoms. The first-order valence-electron chi connectivity index (χ1n) is 9.61. The molecule has 0 spiro atoms. The van der Waals surface area contributed by atoms with E-state index >= 15 is 0 Å². The van der Waals surface area contributed by atoms with Gasteiger partial charge in [-0.1, -0.05) is 19.9 Å². The van der Waals surface area contributed by atoms with Gasteiger partial charge in [0.25, 0.3) is 5.91 Å². The van der Waals surface area contributed by atoms with Crippen LogP contribution < -0.4 is 10.1 Å². The zero-order valence-electron chi connectivity index (χ0n) is 16.6. The number of amides is 2. The zero-order chi connectivity index (χ0) is 20.5. The molecule has 1 N–H and O–H groups in total. The number of hydrogen-bond donors (Lipinski definition) is 1. The lowest BCUT2D eigenvalue weighted by atomic mass is 10.0. The number of carbonyl (C=O) groups is 3. The van der Waals surface area contributed by atoms with Gasteiger partial charge in [-0.3, -0.25) is 9.59 Å². The van der Waals surface area contributed by atoms with Crippen LogP contribution in [0.4, 0.5) is 4.79 Å². The molecule has 0 atom stereocenters. The number of nitrogens with zero attached hydrogens (tertiary/aromatic N) is 1. The van der Waals surface area contributed by atoms with E-state index in [-0.39, 0.29) is 24.5 Å². The zero-order valence-corrected chi connectivity index (χ0v) is 16.6. The van der Waals surface area contributed by atoms with Crippen molar-refractivity contribution >= 4 is 18.0 Å². The highest BCUT2D eigenvalue weighted by molar-refractivity contribution is 5.94. The van der Waals surface area contributed by atoms with E-state index < -0.39 is 6.16 Å². The topological polar surface area (TPSA) is 84.9 Å². The number of ether oxygens (including phenoxy) is 2. The predicted octanol–water partition coefficient (Wildman–Crippen LogP) is 3.15. The van der Waals surface area contributed by atoms with Crippen molar-refractivity contribution in [1.29, 1.82) is 0 Å². The molecule has 1 heterocycles. The molecule has 1 aliphatic rings. The molecule has 1 aliphatic heterocycles. The minimum absolute atomic E-state index is 0.0767. The Kier molecular flexibility index (Phi) is 8.04. The Morgan fingerprint density at radius 2 is 1.82 bits per heavy atom. The van der Waals surface area contributed by atoms with Crippen molar-refractivity contribution in [2.45, 2.75) is 39.7 Å². The highest BCUT2D eigenvalue weighted by atomic mass is 16.7. The van der Waals surface area contributed by atoms with Gasteiger partial charge in [-0.05, 0) is 56.0 Å². The summed E-state index contributed by atoms with van der Waals surface area (Å²) >= 11 is 0. The van der Waals surface area contributed by atoms with Crippen molar-refractivity contribution in [3.05, 3.63) is 42.0 Å². The maximum absolute atomic E-state index is 12.6. The molecule has 1 aromatic carbocycles. The second-order valence-corrected chi connectivity index (χ2v) is 6.99. The van der Waals surface area contributed by atoms with Gasteiger partial charge >= 0.3 is 6.16 Å². The summed E-state index contributed by atoms with van der Waals surface area (Å²) in [4.78, 5) is 37.6. The van der Waals surface area contributed by atoms with Crippen LogP contribution in [0.3, 0.4) is 0 Å². The number of carbonyl (C=O) groups excluding carboxylic acids is 3. The number of likely N-dealkylation sites (tertiary alicyclic amines) is 1. The summed E-state index contributed by atoms with van der Waals surface area (Å²) in [6, 6.07) is 6.47. The van der Waals surface area contributed by atoms with E-state index in [2.05, 4.69) is 5.32 Å². The molecule has 0 aliphatic carbocycles. The Bertz CT molecular complexity index is 704. The van der Waals surface area contributed by atoms with E-state index in [9.17, 15) is 14.4 Å². The predicted molar refractivity (Wildman–Crippen MR) is 105 cm³/mol. The number of nitrogens with one attached hydrogen (secondary N) is 1. The van der Waals surface area contributed by atoms with Crippen LogP contribution in [0.2, 0.25) is 0 Å². The van der Waals surface area contributed by atoms with Crippen LogP contribution in [0.25, 0.3) is 0 Å². The van der Waals surface area contributed by atoms with Gasteiger partial charge in [0.2, 0.25) is 5.91 Å². The molecule has 2 rings (SSSR count). The number of rotatable bonds is 6. The fourth-order valence-corrected chi connectivity index (χ4v) is 2.85. The second kappa shape index (κ2) is 10.5. The average molecular weight is 388 g/mol. The third kappa shape index (κ3) is 6.72. The van der Waals surface area contributed by atoms with Crippen LogP contribution in [0.15, 0.2) is 36.4 Å². The molecule has 0 aromatic heterocycles. The highest BCUT2D eigenvalue weighted by Gasteiger charge is 2.24. The highest BCUT2D eigenvalue weighted by Crippen LogP contribution is 2.17. The van der Waals surface area contributed by atoms with Crippen LogP contribution in [0.1, 0.15) is 44.0 Å². The van der Waals surface area contributed by atoms with Crippen molar-refractivity contribution in [1.82, 2.24) is 10.2 Å². The Morgan fingerprint density at radius 1 is 1.18 bits per heavy atom. The largest absolute Gasteiger partial charge is 0.513 e. The second-order valence-electron chi connectivity index (χ2n) is 6.99. The monoisotopic (exact) mass is 388 g/mol. The molecular formula is C21H28N2O5. The summed E-state index contributed by atoms with van der Waals surface area (Å²) in [7, 11) is 0. The van der Waals surface area contributed by atoms with Gasteiger partial charge in [0.15, 0.2) is 0 Å². The van der Waals surface area contributed by atoms with Crippen LogP contribution in [-0.4, -0.2) is 48.6 Å². The number of benzene rings is 1.